The fourth-order valence-electron chi connectivity index (χ4n) is 6.30. The molecular weight excluding hydrogens is 496 g/mol. The summed E-state index contributed by atoms with van der Waals surface area (Å²) < 4.78 is 16.4. The van der Waals surface area contributed by atoms with Gasteiger partial charge < -0.3 is 24.4 Å². The predicted molar refractivity (Wildman–Crippen MR) is 134 cm³/mol. The van der Waals surface area contributed by atoms with Crippen LogP contribution in [0, 0.1) is 22.7 Å². The molecule has 2 fully saturated rings. The van der Waals surface area contributed by atoms with E-state index in [1.807, 2.05) is 13.0 Å². The third-order valence-electron chi connectivity index (χ3n) is 8.30. The first-order chi connectivity index (χ1) is 17.9. The molecule has 0 radical (unpaired) electrons. The number of carboxylic acids is 2. The SMILES string of the molecule is C=C1CC[C@H]2[C@](C)(COC(=O)CCC(=O)O)[C@@H](OC(=O)CCC(=O)O)CC[C@]2(C)[C@H]1/C=C/C1=CCOC1=O. The summed E-state index contributed by atoms with van der Waals surface area (Å²) in [4.78, 5) is 58.6. The van der Waals surface area contributed by atoms with Gasteiger partial charge >= 0.3 is 29.8 Å². The second-order valence-corrected chi connectivity index (χ2v) is 10.8. The fourth-order valence-corrected chi connectivity index (χ4v) is 6.30. The van der Waals surface area contributed by atoms with Gasteiger partial charge in [-0.2, -0.15) is 0 Å². The van der Waals surface area contributed by atoms with E-state index in [1.54, 1.807) is 12.2 Å². The Labute approximate surface area is 221 Å². The second-order valence-electron chi connectivity index (χ2n) is 10.8. The summed E-state index contributed by atoms with van der Waals surface area (Å²) in [6, 6.07) is 0. The summed E-state index contributed by atoms with van der Waals surface area (Å²) in [6.07, 6.45) is 6.10. The number of carboxylic acid groups (broad SMARTS) is 2. The average Bonchev–Trinajstić information content (AvgIpc) is 3.26. The minimum absolute atomic E-state index is 0.0804. The fraction of sp³-hybridized carbons (Fsp3) is 0.607. The molecule has 0 saturated heterocycles. The molecule has 0 amide bonds. The Morgan fingerprint density at radius 3 is 2.34 bits per heavy atom. The number of ether oxygens (including phenoxy) is 3. The lowest BCUT2D eigenvalue weighted by atomic mass is 9.46. The Balaban J connectivity index is 1.88. The van der Waals surface area contributed by atoms with Gasteiger partial charge in [-0.1, -0.05) is 38.2 Å². The molecule has 0 bridgehead atoms. The maximum atomic E-state index is 12.5. The maximum Gasteiger partial charge on any atom is 0.338 e. The highest BCUT2D eigenvalue weighted by Crippen LogP contribution is 2.62. The third kappa shape index (κ3) is 6.52. The van der Waals surface area contributed by atoms with E-state index in [1.165, 1.54) is 0 Å². The molecule has 2 N–H and O–H groups in total. The first kappa shape index (κ1) is 29.1. The lowest BCUT2D eigenvalue weighted by Gasteiger charge is -2.59. The quantitative estimate of drug-likeness (QED) is 0.229. The lowest BCUT2D eigenvalue weighted by Crippen LogP contribution is -2.58. The number of carbonyl (C=O) groups is 5. The molecule has 208 valence electrons. The van der Waals surface area contributed by atoms with Crippen molar-refractivity contribution in [1.82, 2.24) is 0 Å². The minimum atomic E-state index is -1.11. The molecule has 1 aliphatic heterocycles. The van der Waals surface area contributed by atoms with Crippen molar-refractivity contribution in [3.63, 3.8) is 0 Å². The molecule has 0 spiro atoms. The molecule has 0 aromatic rings. The molecule has 10 heteroatoms. The zero-order valence-corrected chi connectivity index (χ0v) is 21.9. The van der Waals surface area contributed by atoms with Crippen LogP contribution in [-0.2, 0) is 38.2 Å². The Bertz CT molecular complexity index is 1060. The Morgan fingerprint density at radius 2 is 1.74 bits per heavy atom. The number of hydrogen-bond acceptors (Lipinski definition) is 8. The van der Waals surface area contributed by atoms with Crippen LogP contribution in [0.1, 0.15) is 65.2 Å². The molecule has 0 aromatic heterocycles. The Hall–Kier alpha value is -3.43. The number of cyclic esters (lactones) is 1. The number of carbonyl (C=O) groups excluding carboxylic acids is 3. The molecule has 38 heavy (non-hydrogen) atoms. The topological polar surface area (TPSA) is 154 Å². The smallest absolute Gasteiger partial charge is 0.338 e. The van der Waals surface area contributed by atoms with Crippen molar-refractivity contribution >= 4 is 29.8 Å². The molecule has 0 unspecified atom stereocenters. The monoisotopic (exact) mass is 532 g/mol. The maximum absolute atomic E-state index is 12.5. The molecule has 0 aromatic carbocycles. The summed E-state index contributed by atoms with van der Waals surface area (Å²) in [6.45, 7) is 8.49. The summed E-state index contributed by atoms with van der Waals surface area (Å²) >= 11 is 0. The van der Waals surface area contributed by atoms with Crippen molar-refractivity contribution in [2.45, 2.75) is 71.3 Å². The summed E-state index contributed by atoms with van der Waals surface area (Å²) in [7, 11) is 0. The Kier molecular flexibility index (Phi) is 9.17. The van der Waals surface area contributed by atoms with Gasteiger partial charge in [0.2, 0.25) is 0 Å². The summed E-state index contributed by atoms with van der Waals surface area (Å²) in [5.41, 5.74) is 0.328. The molecule has 1 heterocycles. The molecule has 3 rings (SSSR count). The highest BCUT2D eigenvalue weighted by atomic mass is 16.6. The van der Waals surface area contributed by atoms with Crippen LogP contribution < -0.4 is 0 Å². The zero-order chi connectivity index (χ0) is 28.1. The molecule has 2 aliphatic carbocycles. The Morgan fingerprint density at radius 1 is 1.08 bits per heavy atom. The number of fused-ring (bicyclic) bond motifs is 1. The van der Waals surface area contributed by atoms with Gasteiger partial charge in [0.05, 0.1) is 31.3 Å². The van der Waals surface area contributed by atoms with Crippen LogP contribution in [0.4, 0.5) is 0 Å². The second kappa shape index (κ2) is 12.0. The van der Waals surface area contributed by atoms with Gasteiger partial charge in [0.25, 0.3) is 0 Å². The standard InChI is InChI=1S/C28H36O10/c1-17-4-7-20-27(2,19(17)6-5-18-13-15-36-26(18)35)14-12-21(38-25(34)11-9-23(31)32)28(20,3)16-37-24(33)10-8-22(29)30/h5-6,13,19-21H,1,4,7-12,14-16H2,2-3H3,(H,29,30)(H,31,32)/b6-5+/t19-,20+,21-,27+,28-/m0/s1. The molecule has 5 atom stereocenters. The van der Waals surface area contributed by atoms with Crippen LogP contribution in [0.2, 0.25) is 0 Å². The number of hydrogen-bond donors (Lipinski definition) is 2. The van der Waals surface area contributed by atoms with Gasteiger partial charge in [-0.3, -0.25) is 19.2 Å². The number of allylic oxidation sites excluding steroid dienone is 2. The van der Waals surface area contributed by atoms with Crippen LogP contribution in [0.3, 0.4) is 0 Å². The van der Waals surface area contributed by atoms with Crippen molar-refractivity contribution in [2.24, 2.45) is 22.7 Å². The van der Waals surface area contributed by atoms with E-state index in [4.69, 9.17) is 24.4 Å². The normalized spacial score (nSPS) is 30.8. The van der Waals surface area contributed by atoms with Crippen molar-refractivity contribution in [3.05, 3.63) is 36.0 Å². The van der Waals surface area contributed by atoms with Crippen LogP contribution in [0.15, 0.2) is 36.0 Å². The van der Waals surface area contributed by atoms with Gasteiger partial charge in [0.15, 0.2) is 0 Å². The highest BCUT2D eigenvalue weighted by Gasteiger charge is 2.59. The molecule has 3 aliphatic rings. The first-order valence-electron chi connectivity index (χ1n) is 12.9. The van der Waals surface area contributed by atoms with Gasteiger partial charge in [0.1, 0.15) is 19.3 Å². The van der Waals surface area contributed by atoms with Crippen molar-refractivity contribution in [2.75, 3.05) is 13.2 Å². The summed E-state index contributed by atoms with van der Waals surface area (Å²) in [5.74, 6) is -4.05. The van der Waals surface area contributed by atoms with Crippen LogP contribution in [0.25, 0.3) is 0 Å². The number of rotatable bonds is 11. The number of esters is 3. The summed E-state index contributed by atoms with van der Waals surface area (Å²) in [5, 5.41) is 17.8. The third-order valence-corrected chi connectivity index (χ3v) is 8.30. The van der Waals surface area contributed by atoms with E-state index in [0.717, 1.165) is 5.57 Å². The van der Waals surface area contributed by atoms with Gasteiger partial charge in [-0.15, -0.1) is 0 Å². The van der Waals surface area contributed by atoms with Crippen LogP contribution >= 0.6 is 0 Å². The van der Waals surface area contributed by atoms with Gasteiger partial charge in [0, 0.05) is 11.3 Å². The molecule has 10 nitrogen and oxygen atoms in total. The minimum Gasteiger partial charge on any atom is -0.481 e. The molecular formula is C28H36O10. The van der Waals surface area contributed by atoms with Gasteiger partial charge in [-0.05, 0) is 43.1 Å². The van der Waals surface area contributed by atoms with E-state index < -0.39 is 35.4 Å². The van der Waals surface area contributed by atoms with E-state index in [-0.39, 0.29) is 62.1 Å². The van der Waals surface area contributed by atoms with E-state index >= 15 is 0 Å². The van der Waals surface area contributed by atoms with Crippen molar-refractivity contribution < 1.29 is 48.4 Å². The van der Waals surface area contributed by atoms with Crippen molar-refractivity contribution in [3.8, 4) is 0 Å². The van der Waals surface area contributed by atoms with Crippen molar-refractivity contribution in [1.29, 1.82) is 0 Å². The van der Waals surface area contributed by atoms with E-state index in [2.05, 4.69) is 13.5 Å². The zero-order valence-electron chi connectivity index (χ0n) is 21.9. The highest BCUT2D eigenvalue weighted by molar-refractivity contribution is 5.93. The van der Waals surface area contributed by atoms with E-state index in [9.17, 15) is 24.0 Å². The van der Waals surface area contributed by atoms with Crippen LogP contribution in [0.5, 0.6) is 0 Å². The van der Waals surface area contributed by atoms with Gasteiger partial charge in [-0.25, -0.2) is 4.79 Å². The molecule has 2 saturated carbocycles. The van der Waals surface area contributed by atoms with Crippen LogP contribution in [-0.4, -0.2) is 59.4 Å². The lowest BCUT2D eigenvalue weighted by molar-refractivity contribution is -0.192. The first-order valence-corrected chi connectivity index (χ1v) is 12.9. The largest absolute Gasteiger partial charge is 0.481 e. The average molecular weight is 533 g/mol. The van der Waals surface area contributed by atoms with E-state index in [0.29, 0.717) is 31.3 Å². The number of aliphatic carboxylic acids is 2. The predicted octanol–water partition coefficient (Wildman–Crippen LogP) is 3.60.